The average molecular weight is 470 g/mol. The van der Waals surface area contributed by atoms with E-state index in [0.29, 0.717) is 48.9 Å². The summed E-state index contributed by atoms with van der Waals surface area (Å²) in [4.78, 5) is 24.8. The fourth-order valence-electron chi connectivity index (χ4n) is 3.88. The summed E-state index contributed by atoms with van der Waals surface area (Å²) in [6.07, 6.45) is -2.98. The maximum atomic E-state index is 13.2. The number of piperazine rings is 1. The molecule has 1 fully saturated rings. The molecule has 1 aliphatic heterocycles. The first-order valence-corrected chi connectivity index (χ1v) is 10.5. The minimum absolute atomic E-state index is 0.184. The van der Waals surface area contributed by atoms with E-state index in [2.05, 4.69) is 15.1 Å². The molecule has 2 aromatic carbocycles. The quantitative estimate of drug-likeness (QED) is 0.425. The van der Waals surface area contributed by atoms with E-state index in [9.17, 15) is 22.4 Å². The zero-order chi connectivity index (χ0) is 23.9. The van der Waals surface area contributed by atoms with Crippen molar-refractivity contribution in [3.63, 3.8) is 0 Å². The normalized spacial score (nSPS) is 14.6. The van der Waals surface area contributed by atoms with Gasteiger partial charge in [-0.25, -0.2) is 9.37 Å². The number of nitrogens with zero attached hydrogens (tertiary/aromatic N) is 6. The highest BCUT2D eigenvalue weighted by atomic mass is 19.4. The van der Waals surface area contributed by atoms with Crippen LogP contribution in [-0.4, -0.2) is 56.6 Å². The molecule has 1 aliphatic rings. The second-order valence-corrected chi connectivity index (χ2v) is 7.82. The number of alkyl halides is 3. The van der Waals surface area contributed by atoms with Gasteiger partial charge in [-0.15, -0.1) is 5.10 Å². The predicted octanol–water partition coefficient (Wildman–Crippen LogP) is 3.91. The van der Waals surface area contributed by atoms with E-state index in [1.807, 2.05) is 4.90 Å². The van der Waals surface area contributed by atoms with Crippen LogP contribution < -0.4 is 4.90 Å². The maximum absolute atomic E-state index is 13.2. The minimum atomic E-state index is -4.46. The Balaban J connectivity index is 1.36. The molecule has 1 amide bonds. The van der Waals surface area contributed by atoms with E-state index in [4.69, 9.17) is 0 Å². The number of fused-ring (bicyclic) bond motifs is 1. The molecule has 34 heavy (non-hydrogen) atoms. The first-order chi connectivity index (χ1) is 16.3. The highest BCUT2D eigenvalue weighted by Crippen LogP contribution is 2.32. The van der Waals surface area contributed by atoms with Crippen LogP contribution >= 0.6 is 0 Å². The number of benzene rings is 2. The highest BCUT2D eigenvalue weighted by Gasteiger charge is 2.31. The molecular formula is C23H18F4N6O. The monoisotopic (exact) mass is 470 g/mol. The Hall–Kier alpha value is -4.02. The summed E-state index contributed by atoms with van der Waals surface area (Å²) in [6.45, 7) is 1.75. The molecule has 4 aromatic rings. The van der Waals surface area contributed by atoms with Gasteiger partial charge in [-0.1, -0.05) is 12.1 Å². The van der Waals surface area contributed by atoms with E-state index in [0.717, 1.165) is 12.1 Å². The Morgan fingerprint density at radius 3 is 2.38 bits per heavy atom. The third kappa shape index (κ3) is 4.16. The van der Waals surface area contributed by atoms with Gasteiger partial charge in [0.25, 0.3) is 11.7 Å². The van der Waals surface area contributed by atoms with Crippen LogP contribution in [0, 0.1) is 5.82 Å². The Bertz CT molecular complexity index is 1340. The summed E-state index contributed by atoms with van der Waals surface area (Å²) in [6, 6.07) is 12.0. The molecule has 0 N–H and O–H groups in total. The average Bonchev–Trinajstić information content (AvgIpc) is 3.28. The van der Waals surface area contributed by atoms with Crippen molar-refractivity contribution in [2.75, 3.05) is 31.1 Å². The van der Waals surface area contributed by atoms with Gasteiger partial charge < -0.3 is 9.80 Å². The summed E-state index contributed by atoms with van der Waals surface area (Å²) in [5, 5.41) is 4.48. The van der Waals surface area contributed by atoms with Gasteiger partial charge >= 0.3 is 6.18 Å². The van der Waals surface area contributed by atoms with Crippen LogP contribution in [0.15, 0.2) is 60.8 Å². The van der Waals surface area contributed by atoms with E-state index >= 15 is 0 Å². The van der Waals surface area contributed by atoms with Crippen LogP contribution in [0.4, 0.5) is 23.5 Å². The van der Waals surface area contributed by atoms with Gasteiger partial charge in [0.05, 0.1) is 11.3 Å². The number of anilines is 1. The lowest BCUT2D eigenvalue weighted by Crippen LogP contribution is -2.49. The second kappa shape index (κ2) is 8.40. The molecule has 0 unspecified atom stereocenters. The standard InChI is InChI=1S/C23H18F4N6O/c24-18-6-4-15(5-7-18)20(34)31-10-12-32(13-11-31)22-29-21-28-9-8-19(33(21)30-22)16-2-1-3-17(14-16)23(25,26)27/h1-9,14H,10-13H2. The highest BCUT2D eigenvalue weighted by molar-refractivity contribution is 5.94. The van der Waals surface area contributed by atoms with Crippen molar-refractivity contribution in [3.8, 4) is 11.3 Å². The van der Waals surface area contributed by atoms with Crippen LogP contribution in [0.3, 0.4) is 0 Å². The van der Waals surface area contributed by atoms with Crippen LogP contribution in [0.5, 0.6) is 0 Å². The number of hydrogen-bond acceptors (Lipinski definition) is 5. The predicted molar refractivity (Wildman–Crippen MR) is 116 cm³/mol. The number of amides is 1. The van der Waals surface area contributed by atoms with Gasteiger partial charge in [-0.05, 0) is 42.5 Å². The van der Waals surface area contributed by atoms with Crippen LogP contribution in [0.2, 0.25) is 0 Å². The fraction of sp³-hybridized carbons (Fsp3) is 0.217. The zero-order valence-corrected chi connectivity index (χ0v) is 17.7. The minimum Gasteiger partial charge on any atom is -0.336 e. The molecule has 7 nitrogen and oxygen atoms in total. The van der Waals surface area contributed by atoms with Gasteiger partial charge in [0.2, 0.25) is 5.95 Å². The molecule has 0 atom stereocenters. The van der Waals surface area contributed by atoms with Crippen molar-refractivity contribution < 1.29 is 22.4 Å². The number of carbonyl (C=O) groups is 1. The van der Waals surface area contributed by atoms with Crippen molar-refractivity contribution in [2.45, 2.75) is 6.18 Å². The molecule has 0 bridgehead atoms. The number of aromatic nitrogens is 4. The Kier molecular flexibility index (Phi) is 5.39. The third-order valence-electron chi connectivity index (χ3n) is 5.66. The number of rotatable bonds is 3. The van der Waals surface area contributed by atoms with Crippen molar-refractivity contribution >= 4 is 17.6 Å². The smallest absolute Gasteiger partial charge is 0.336 e. The summed E-state index contributed by atoms with van der Waals surface area (Å²) in [5.74, 6) is 0.0454. The van der Waals surface area contributed by atoms with E-state index < -0.39 is 17.6 Å². The first kappa shape index (κ1) is 21.8. The number of halogens is 4. The van der Waals surface area contributed by atoms with Gasteiger partial charge in [-0.3, -0.25) is 4.79 Å². The SMILES string of the molecule is O=C(c1ccc(F)cc1)N1CCN(c2nc3nccc(-c4cccc(C(F)(F)F)c4)n3n2)CC1. The van der Waals surface area contributed by atoms with Gasteiger partial charge in [0.15, 0.2) is 0 Å². The lowest BCUT2D eigenvalue weighted by Gasteiger charge is -2.34. The molecule has 1 saturated heterocycles. The largest absolute Gasteiger partial charge is 0.416 e. The molecule has 174 valence electrons. The summed E-state index contributed by atoms with van der Waals surface area (Å²) < 4.78 is 54.0. The van der Waals surface area contributed by atoms with E-state index in [1.54, 1.807) is 17.0 Å². The summed E-state index contributed by atoms with van der Waals surface area (Å²) >= 11 is 0. The van der Waals surface area contributed by atoms with Crippen molar-refractivity contribution in [1.29, 1.82) is 0 Å². The summed E-state index contributed by atoms with van der Waals surface area (Å²) in [5.41, 5.74) is 0.432. The number of hydrogen-bond donors (Lipinski definition) is 0. The second-order valence-electron chi connectivity index (χ2n) is 7.82. The Morgan fingerprint density at radius 2 is 1.68 bits per heavy atom. The molecule has 5 rings (SSSR count). The third-order valence-corrected chi connectivity index (χ3v) is 5.66. The summed E-state index contributed by atoms with van der Waals surface area (Å²) in [7, 11) is 0. The van der Waals surface area contributed by atoms with Gasteiger partial charge in [0.1, 0.15) is 5.82 Å². The van der Waals surface area contributed by atoms with Gasteiger partial charge in [0, 0.05) is 43.5 Å². The molecule has 0 spiro atoms. The van der Waals surface area contributed by atoms with E-state index in [1.165, 1.54) is 41.0 Å². The maximum Gasteiger partial charge on any atom is 0.416 e. The molecule has 0 aliphatic carbocycles. The zero-order valence-electron chi connectivity index (χ0n) is 17.7. The molecule has 0 radical (unpaired) electrons. The van der Waals surface area contributed by atoms with Crippen molar-refractivity contribution in [3.05, 3.63) is 77.7 Å². The molecular weight excluding hydrogens is 452 g/mol. The van der Waals surface area contributed by atoms with Crippen LogP contribution in [0.25, 0.3) is 17.0 Å². The molecule has 11 heteroatoms. The van der Waals surface area contributed by atoms with Gasteiger partial charge in [-0.2, -0.15) is 22.7 Å². The molecule has 0 saturated carbocycles. The van der Waals surface area contributed by atoms with Crippen LogP contribution in [-0.2, 0) is 6.18 Å². The Morgan fingerprint density at radius 1 is 0.941 bits per heavy atom. The number of carbonyl (C=O) groups excluding carboxylic acids is 1. The lowest BCUT2D eigenvalue weighted by atomic mass is 10.1. The van der Waals surface area contributed by atoms with Crippen LogP contribution in [0.1, 0.15) is 15.9 Å². The topological polar surface area (TPSA) is 66.6 Å². The van der Waals surface area contributed by atoms with E-state index in [-0.39, 0.29) is 11.7 Å². The molecule has 2 aromatic heterocycles. The van der Waals surface area contributed by atoms with Crippen molar-refractivity contribution in [2.24, 2.45) is 0 Å². The Labute approximate surface area is 191 Å². The lowest BCUT2D eigenvalue weighted by molar-refractivity contribution is -0.137. The first-order valence-electron chi connectivity index (χ1n) is 10.5. The van der Waals surface area contributed by atoms with Crippen molar-refractivity contribution in [1.82, 2.24) is 24.5 Å². The molecule has 3 heterocycles. The fourth-order valence-corrected chi connectivity index (χ4v) is 3.88.